The van der Waals surface area contributed by atoms with Crippen LogP contribution in [0.4, 0.5) is 5.69 Å². The predicted octanol–water partition coefficient (Wildman–Crippen LogP) is 7.85. The van der Waals surface area contributed by atoms with Crippen molar-refractivity contribution in [3.63, 3.8) is 0 Å². The molecule has 0 saturated carbocycles. The molecular formula is C34H28NP. The molecule has 0 aromatic heterocycles. The molecule has 0 spiro atoms. The maximum absolute atomic E-state index is 3.68. The molecule has 174 valence electrons. The average Bonchev–Trinajstić information content (AvgIpc) is 2.95. The molecule has 6 rings (SSSR count). The predicted molar refractivity (Wildman–Crippen MR) is 160 cm³/mol. The van der Waals surface area contributed by atoms with Crippen LogP contribution in [0.2, 0.25) is 0 Å². The fourth-order valence-corrected chi connectivity index (χ4v) is 7.64. The van der Waals surface area contributed by atoms with E-state index in [1.54, 1.807) is 0 Å². The van der Waals surface area contributed by atoms with E-state index >= 15 is 0 Å². The van der Waals surface area contributed by atoms with Gasteiger partial charge in [-0.2, -0.15) is 0 Å². The molecule has 0 amide bonds. The number of anilines is 1. The summed E-state index contributed by atoms with van der Waals surface area (Å²) in [5.41, 5.74) is 3.81. The smallest absolute Gasteiger partial charge is 0.0426 e. The van der Waals surface area contributed by atoms with E-state index in [4.69, 9.17) is 0 Å². The SMILES string of the molecule is CCNc1ccc2ccccc2c1-c1c(P(c2ccccc2)c2ccccc2)ccc2ccccc12. The standard InChI is InChI=1S/C34H28NP/c1-2-35-31-23-21-25-13-9-11-19-29(25)33(31)34-30-20-12-10-14-26(30)22-24-32(34)36(27-15-5-3-6-16-27)28-17-7-4-8-18-28/h3-24,35H,2H2,1H3. The molecule has 6 aromatic carbocycles. The normalized spacial score (nSPS) is 11.3. The largest absolute Gasteiger partial charge is 0.385 e. The van der Waals surface area contributed by atoms with Gasteiger partial charge in [0.25, 0.3) is 0 Å². The lowest BCUT2D eigenvalue weighted by atomic mass is 9.92. The molecular weight excluding hydrogens is 453 g/mol. The van der Waals surface area contributed by atoms with Gasteiger partial charge in [-0.05, 0) is 58.4 Å². The Morgan fingerprint density at radius 2 is 1.00 bits per heavy atom. The van der Waals surface area contributed by atoms with Gasteiger partial charge in [-0.25, -0.2) is 0 Å². The molecule has 0 fully saturated rings. The Bertz CT molecular complexity index is 1600. The molecule has 0 saturated heterocycles. The fraction of sp³-hybridized carbons (Fsp3) is 0.0588. The molecule has 1 nitrogen and oxygen atoms in total. The lowest BCUT2D eigenvalue weighted by Crippen LogP contribution is -2.22. The Morgan fingerprint density at radius 3 is 1.58 bits per heavy atom. The van der Waals surface area contributed by atoms with E-state index in [0.717, 1.165) is 6.54 Å². The van der Waals surface area contributed by atoms with Crippen LogP contribution < -0.4 is 21.2 Å². The Kier molecular flexibility index (Phi) is 6.24. The van der Waals surface area contributed by atoms with Gasteiger partial charge in [-0.1, -0.05) is 127 Å². The summed E-state index contributed by atoms with van der Waals surface area (Å²) in [5.74, 6) is 0. The molecule has 0 heterocycles. The zero-order chi connectivity index (χ0) is 24.3. The van der Waals surface area contributed by atoms with Crippen LogP contribution in [0, 0.1) is 0 Å². The van der Waals surface area contributed by atoms with E-state index in [-0.39, 0.29) is 0 Å². The summed E-state index contributed by atoms with van der Waals surface area (Å²) in [6.07, 6.45) is 0. The Labute approximate surface area is 214 Å². The second-order valence-electron chi connectivity index (χ2n) is 8.93. The van der Waals surface area contributed by atoms with Crippen molar-refractivity contribution in [1.29, 1.82) is 0 Å². The van der Waals surface area contributed by atoms with Crippen LogP contribution in [0.3, 0.4) is 0 Å². The zero-order valence-corrected chi connectivity index (χ0v) is 21.3. The highest BCUT2D eigenvalue weighted by Crippen LogP contribution is 2.44. The van der Waals surface area contributed by atoms with Gasteiger partial charge in [0.05, 0.1) is 0 Å². The van der Waals surface area contributed by atoms with E-state index < -0.39 is 7.92 Å². The van der Waals surface area contributed by atoms with Gasteiger partial charge in [-0.15, -0.1) is 0 Å². The van der Waals surface area contributed by atoms with Gasteiger partial charge < -0.3 is 5.32 Å². The van der Waals surface area contributed by atoms with Crippen LogP contribution in [-0.4, -0.2) is 6.54 Å². The molecule has 0 aliphatic carbocycles. The first-order valence-corrected chi connectivity index (χ1v) is 13.9. The highest BCUT2D eigenvalue weighted by molar-refractivity contribution is 7.80. The molecule has 0 aliphatic heterocycles. The molecule has 0 unspecified atom stereocenters. The lowest BCUT2D eigenvalue weighted by Gasteiger charge is -2.26. The highest BCUT2D eigenvalue weighted by Gasteiger charge is 2.24. The third kappa shape index (κ3) is 4.06. The van der Waals surface area contributed by atoms with Gasteiger partial charge in [-0.3, -0.25) is 0 Å². The first-order valence-electron chi connectivity index (χ1n) is 12.5. The minimum Gasteiger partial charge on any atom is -0.385 e. The van der Waals surface area contributed by atoms with Crippen molar-refractivity contribution in [2.75, 3.05) is 11.9 Å². The number of rotatable bonds is 6. The Hall–Kier alpha value is -3.93. The van der Waals surface area contributed by atoms with Crippen molar-refractivity contribution < 1.29 is 0 Å². The average molecular weight is 482 g/mol. The molecule has 0 atom stereocenters. The zero-order valence-electron chi connectivity index (χ0n) is 20.4. The number of fused-ring (bicyclic) bond motifs is 2. The summed E-state index contributed by atoms with van der Waals surface area (Å²) in [6, 6.07) is 48.8. The van der Waals surface area contributed by atoms with E-state index in [1.807, 2.05) is 0 Å². The summed E-state index contributed by atoms with van der Waals surface area (Å²) in [7, 11) is -0.768. The highest BCUT2D eigenvalue weighted by atomic mass is 31.1. The van der Waals surface area contributed by atoms with E-state index in [1.165, 1.54) is 54.3 Å². The molecule has 2 heteroatoms. The molecule has 0 radical (unpaired) electrons. The van der Waals surface area contributed by atoms with E-state index in [0.29, 0.717) is 0 Å². The minimum atomic E-state index is -0.768. The summed E-state index contributed by atoms with van der Waals surface area (Å²) < 4.78 is 0. The minimum absolute atomic E-state index is 0.768. The van der Waals surface area contributed by atoms with Crippen LogP contribution in [0.5, 0.6) is 0 Å². The monoisotopic (exact) mass is 481 g/mol. The third-order valence-electron chi connectivity index (χ3n) is 6.72. The Morgan fingerprint density at radius 1 is 0.500 bits per heavy atom. The van der Waals surface area contributed by atoms with Crippen LogP contribution in [0.25, 0.3) is 32.7 Å². The second kappa shape index (κ2) is 9.97. The first kappa shape index (κ1) is 22.5. The van der Waals surface area contributed by atoms with Gasteiger partial charge in [0.15, 0.2) is 0 Å². The van der Waals surface area contributed by atoms with Crippen molar-refractivity contribution in [1.82, 2.24) is 0 Å². The van der Waals surface area contributed by atoms with Crippen molar-refractivity contribution in [2.24, 2.45) is 0 Å². The first-order chi connectivity index (χ1) is 17.8. The molecule has 36 heavy (non-hydrogen) atoms. The van der Waals surface area contributed by atoms with Gasteiger partial charge in [0.2, 0.25) is 0 Å². The van der Waals surface area contributed by atoms with Crippen LogP contribution >= 0.6 is 7.92 Å². The van der Waals surface area contributed by atoms with Gasteiger partial charge in [0.1, 0.15) is 0 Å². The summed E-state index contributed by atoms with van der Waals surface area (Å²) >= 11 is 0. The number of hydrogen-bond donors (Lipinski definition) is 1. The summed E-state index contributed by atoms with van der Waals surface area (Å²) in [4.78, 5) is 0. The number of benzene rings is 6. The third-order valence-corrected chi connectivity index (χ3v) is 9.21. The van der Waals surface area contributed by atoms with Crippen molar-refractivity contribution in [2.45, 2.75) is 6.92 Å². The van der Waals surface area contributed by atoms with Crippen LogP contribution in [-0.2, 0) is 0 Å². The van der Waals surface area contributed by atoms with Crippen molar-refractivity contribution >= 4 is 51.1 Å². The number of hydrogen-bond acceptors (Lipinski definition) is 1. The van der Waals surface area contributed by atoms with Crippen molar-refractivity contribution in [3.8, 4) is 11.1 Å². The maximum Gasteiger partial charge on any atom is 0.0426 e. The van der Waals surface area contributed by atoms with Crippen molar-refractivity contribution in [3.05, 3.63) is 133 Å². The second-order valence-corrected chi connectivity index (χ2v) is 11.1. The van der Waals surface area contributed by atoms with Crippen LogP contribution in [0.15, 0.2) is 133 Å². The van der Waals surface area contributed by atoms with E-state index in [9.17, 15) is 0 Å². The maximum atomic E-state index is 3.68. The molecule has 0 aliphatic rings. The molecule has 0 bridgehead atoms. The number of nitrogens with one attached hydrogen (secondary N) is 1. The van der Waals surface area contributed by atoms with Crippen LogP contribution in [0.1, 0.15) is 6.92 Å². The van der Waals surface area contributed by atoms with E-state index in [2.05, 4.69) is 146 Å². The Balaban J connectivity index is 1.76. The molecule has 1 N–H and O–H groups in total. The van der Waals surface area contributed by atoms with Gasteiger partial charge in [0, 0.05) is 23.4 Å². The quantitative estimate of drug-likeness (QED) is 0.239. The molecule has 6 aromatic rings. The lowest BCUT2D eigenvalue weighted by molar-refractivity contribution is 1.22. The van der Waals surface area contributed by atoms with Gasteiger partial charge >= 0.3 is 0 Å². The fourth-order valence-electron chi connectivity index (χ4n) is 5.17. The summed E-state index contributed by atoms with van der Waals surface area (Å²) in [6.45, 7) is 3.04. The topological polar surface area (TPSA) is 12.0 Å². The summed E-state index contributed by atoms with van der Waals surface area (Å²) in [5, 5.41) is 12.9.